The van der Waals surface area contributed by atoms with Crippen molar-refractivity contribution in [2.24, 2.45) is 4.99 Å². The van der Waals surface area contributed by atoms with Gasteiger partial charge in [-0.3, -0.25) is 9.56 Å². The largest absolute Gasteiger partial charge is 0.394 e. The third kappa shape index (κ3) is 2.20. The van der Waals surface area contributed by atoms with Gasteiger partial charge in [0, 0.05) is 13.3 Å². The Labute approximate surface area is 119 Å². The molecule has 2 aromatic rings. The Morgan fingerprint density at radius 1 is 1.33 bits per heavy atom. The molecule has 2 aromatic heterocycles. The van der Waals surface area contributed by atoms with Crippen LogP contribution in [0.4, 0.5) is 0 Å². The maximum absolute atomic E-state index is 10.1. The van der Waals surface area contributed by atoms with E-state index in [-0.39, 0.29) is 6.61 Å². The predicted octanol–water partition coefficient (Wildman–Crippen LogP) is -1.51. The number of fused-ring (bicyclic) bond motifs is 1. The first kappa shape index (κ1) is 14.0. The number of aromatic nitrogens is 4. The van der Waals surface area contributed by atoms with Crippen LogP contribution < -0.4 is 0 Å². The molecule has 112 valence electrons. The van der Waals surface area contributed by atoms with Gasteiger partial charge in [-0.25, -0.2) is 15.0 Å². The Hall–Kier alpha value is -1.94. The van der Waals surface area contributed by atoms with Crippen molar-refractivity contribution < 1.29 is 20.1 Å². The minimum atomic E-state index is -1.18. The van der Waals surface area contributed by atoms with E-state index in [0.717, 1.165) is 0 Å². The topological polar surface area (TPSA) is 126 Å². The quantitative estimate of drug-likeness (QED) is 0.587. The molecule has 0 spiro atoms. The Bertz CT molecular complexity index is 673. The molecule has 0 aromatic carbocycles. The van der Waals surface area contributed by atoms with Crippen molar-refractivity contribution in [3.63, 3.8) is 0 Å². The van der Waals surface area contributed by atoms with Gasteiger partial charge in [-0.2, -0.15) is 0 Å². The van der Waals surface area contributed by atoms with Crippen LogP contribution in [-0.2, 0) is 4.74 Å². The molecule has 9 heteroatoms. The van der Waals surface area contributed by atoms with Crippen molar-refractivity contribution in [1.29, 1.82) is 0 Å². The van der Waals surface area contributed by atoms with Crippen LogP contribution in [-0.4, -0.2) is 73.0 Å². The maximum atomic E-state index is 10.1. The number of imidazole rings is 1. The van der Waals surface area contributed by atoms with Crippen molar-refractivity contribution in [3.8, 4) is 0 Å². The normalized spacial score (nSPS) is 29.7. The molecule has 0 saturated carbocycles. The Kier molecular flexibility index (Phi) is 3.64. The van der Waals surface area contributed by atoms with E-state index in [1.165, 1.54) is 17.2 Å². The molecule has 1 aliphatic heterocycles. The summed E-state index contributed by atoms with van der Waals surface area (Å²) in [7, 11) is 1.62. The van der Waals surface area contributed by atoms with E-state index in [1.807, 2.05) is 0 Å². The van der Waals surface area contributed by atoms with Gasteiger partial charge in [0.05, 0.1) is 12.9 Å². The first-order chi connectivity index (χ1) is 10.2. The number of ether oxygens (including phenoxy) is 1. The van der Waals surface area contributed by atoms with Crippen molar-refractivity contribution in [3.05, 3.63) is 18.3 Å². The smallest absolute Gasteiger partial charge is 0.166 e. The summed E-state index contributed by atoms with van der Waals surface area (Å²) >= 11 is 0. The molecule has 1 unspecified atom stereocenters. The second-order valence-electron chi connectivity index (χ2n) is 4.70. The van der Waals surface area contributed by atoms with Crippen LogP contribution in [0.25, 0.3) is 11.2 Å². The van der Waals surface area contributed by atoms with Crippen LogP contribution in [0.15, 0.2) is 17.6 Å². The number of aliphatic hydroxyl groups is 3. The van der Waals surface area contributed by atoms with Gasteiger partial charge in [0.2, 0.25) is 0 Å². The first-order valence-corrected chi connectivity index (χ1v) is 6.39. The molecule has 1 aliphatic rings. The molecule has 0 bridgehead atoms. The highest BCUT2D eigenvalue weighted by molar-refractivity contribution is 5.92. The van der Waals surface area contributed by atoms with Gasteiger partial charge in [-0.1, -0.05) is 0 Å². The molecular weight excluding hydrogens is 278 g/mol. The Balaban J connectivity index is 2.04. The predicted molar refractivity (Wildman–Crippen MR) is 71.9 cm³/mol. The summed E-state index contributed by atoms with van der Waals surface area (Å²) in [6, 6.07) is 0. The Morgan fingerprint density at radius 3 is 2.81 bits per heavy atom. The average Bonchev–Trinajstić information content (AvgIpc) is 3.03. The molecule has 1 saturated heterocycles. The van der Waals surface area contributed by atoms with Crippen LogP contribution in [0.2, 0.25) is 0 Å². The van der Waals surface area contributed by atoms with E-state index >= 15 is 0 Å². The maximum Gasteiger partial charge on any atom is 0.166 e. The number of nitrogens with zero attached hydrogens (tertiary/aromatic N) is 5. The summed E-state index contributed by atoms with van der Waals surface area (Å²) in [5.41, 5.74) is 1.52. The van der Waals surface area contributed by atoms with Gasteiger partial charge < -0.3 is 20.1 Å². The SMILES string of the molecule is C/N=C/c1ncnc2c1ncn2[C@@H]1O[C@H](CO)[C@H](O)C1O. The van der Waals surface area contributed by atoms with Gasteiger partial charge in [0.1, 0.15) is 35.8 Å². The van der Waals surface area contributed by atoms with Crippen LogP contribution in [0.5, 0.6) is 0 Å². The zero-order chi connectivity index (χ0) is 15.0. The minimum Gasteiger partial charge on any atom is -0.394 e. The van der Waals surface area contributed by atoms with Gasteiger partial charge in [-0.15, -0.1) is 0 Å². The highest BCUT2D eigenvalue weighted by Gasteiger charge is 2.43. The number of aliphatic imine (C=N–C) groups is 1. The zero-order valence-corrected chi connectivity index (χ0v) is 11.2. The summed E-state index contributed by atoms with van der Waals surface area (Å²) in [5, 5.41) is 29.0. The lowest BCUT2D eigenvalue weighted by Crippen LogP contribution is -2.33. The number of hydrogen-bond donors (Lipinski definition) is 3. The molecule has 21 heavy (non-hydrogen) atoms. The molecule has 9 nitrogen and oxygen atoms in total. The van der Waals surface area contributed by atoms with E-state index in [4.69, 9.17) is 9.84 Å². The highest BCUT2D eigenvalue weighted by atomic mass is 16.6. The molecule has 3 rings (SSSR count). The molecule has 0 radical (unpaired) electrons. The summed E-state index contributed by atoms with van der Waals surface area (Å²) in [5.74, 6) is 0. The van der Waals surface area contributed by atoms with E-state index < -0.39 is 24.5 Å². The van der Waals surface area contributed by atoms with Crippen molar-refractivity contribution in [2.45, 2.75) is 24.5 Å². The lowest BCUT2D eigenvalue weighted by atomic mass is 10.1. The molecule has 0 amide bonds. The molecule has 0 aliphatic carbocycles. The van der Waals surface area contributed by atoms with E-state index in [2.05, 4.69) is 19.9 Å². The number of rotatable bonds is 3. The molecule has 4 atom stereocenters. The third-order valence-corrected chi connectivity index (χ3v) is 3.43. The van der Waals surface area contributed by atoms with Gasteiger partial charge >= 0.3 is 0 Å². The lowest BCUT2D eigenvalue weighted by molar-refractivity contribution is -0.0511. The van der Waals surface area contributed by atoms with Gasteiger partial charge in [-0.05, 0) is 0 Å². The zero-order valence-electron chi connectivity index (χ0n) is 11.2. The van der Waals surface area contributed by atoms with Crippen LogP contribution in [0.3, 0.4) is 0 Å². The fraction of sp³-hybridized carbons (Fsp3) is 0.500. The van der Waals surface area contributed by atoms with Crippen molar-refractivity contribution >= 4 is 17.4 Å². The van der Waals surface area contributed by atoms with Crippen molar-refractivity contribution in [2.75, 3.05) is 13.7 Å². The third-order valence-electron chi connectivity index (χ3n) is 3.43. The summed E-state index contributed by atoms with van der Waals surface area (Å²) < 4.78 is 6.97. The summed E-state index contributed by atoms with van der Waals surface area (Å²) in [6.45, 7) is -0.385. The first-order valence-electron chi connectivity index (χ1n) is 6.39. The number of hydrogen-bond acceptors (Lipinski definition) is 8. The molecular formula is C12H15N5O4. The molecule has 3 heterocycles. The Morgan fingerprint density at radius 2 is 2.14 bits per heavy atom. The minimum absolute atomic E-state index is 0.385. The number of aliphatic hydroxyl groups excluding tert-OH is 3. The molecule has 3 N–H and O–H groups in total. The van der Waals surface area contributed by atoms with E-state index in [1.54, 1.807) is 13.3 Å². The fourth-order valence-corrected chi connectivity index (χ4v) is 2.38. The molecule has 1 fully saturated rings. The van der Waals surface area contributed by atoms with Crippen LogP contribution in [0, 0.1) is 0 Å². The second kappa shape index (κ2) is 5.45. The van der Waals surface area contributed by atoms with Crippen molar-refractivity contribution in [1.82, 2.24) is 19.5 Å². The van der Waals surface area contributed by atoms with E-state index in [9.17, 15) is 10.2 Å². The average molecular weight is 293 g/mol. The monoisotopic (exact) mass is 293 g/mol. The van der Waals surface area contributed by atoms with Crippen LogP contribution in [0.1, 0.15) is 11.9 Å². The lowest BCUT2D eigenvalue weighted by Gasteiger charge is -2.16. The van der Waals surface area contributed by atoms with Gasteiger partial charge in [0.25, 0.3) is 0 Å². The summed E-state index contributed by atoms with van der Waals surface area (Å²) in [6.07, 6.45) is 0.294. The summed E-state index contributed by atoms with van der Waals surface area (Å²) in [4.78, 5) is 16.3. The highest BCUT2D eigenvalue weighted by Crippen LogP contribution is 2.31. The van der Waals surface area contributed by atoms with Crippen LogP contribution >= 0.6 is 0 Å². The van der Waals surface area contributed by atoms with E-state index in [0.29, 0.717) is 16.9 Å². The fourth-order valence-electron chi connectivity index (χ4n) is 2.38. The van der Waals surface area contributed by atoms with Gasteiger partial charge in [0.15, 0.2) is 11.9 Å². The second-order valence-corrected chi connectivity index (χ2v) is 4.70. The standard InChI is InChI=1S/C12H15N5O4/c1-13-2-6-8-11(15-4-14-6)17(5-16-8)12-10(20)9(19)7(3-18)21-12/h2,4-5,7,9-10,12,18-20H,3H2,1H3/b13-2+/t7-,9+,10?,12-/m1/s1.